The van der Waals surface area contributed by atoms with Crippen LogP contribution in [0.3, 0.4) is 0 Å². The largest absolute Gasteiger partial charge is 0.504 e. The van der Waals surface area contributed by atoms with Gasteiger partial charge < -0.3 is 14.6 Å². The van der Waals surface area contributed by atoms with E-state index in [0.717, 1.165) is 11.3 Å². The molecule has 0 bridgehead atoms. The third-order valence-corrected chi connectivity index (χ3v) is 2.71. The van der Waals surface area contributed by atoms with Crippen LogP contribution in [0, 0.1) is 0 Å². The van der Waals surface area contributed by atoms with Crippen molar-refractivity contribution in [2.75, 3.05) is 7.11 Å². The van der Waals surface area contributed by atoms with Crippen LogP contribution in [-0.2, 0) is 6.61 Å². The average molecular weight is 265 g/mol. The molecule has 2 aromatic carbocycles. The van der Waals surface area contributed by atoms with Crippen molar-refractivity contribution in [3.8, 4) is 17.2 Å². The fourth-order valence-electron chi connectivity index (χ4n) is 1.52. The molecule has 0 amide bonds. The van der Waals surface area contributed by atoms with Crippen LogP contribution in [0.1, 0.15) is 5.56 Å². The van der Waals surface area contributed by atoms with Crippen LogP contribution >= 0.6 is 11.6 Å². The Kier molecular flexibility index (Phi) is 3.95. The van der Waals surface area contributed by atoms with Gasteiger partial charge >= 0.3 is 0 Å². The van der Waals surface area contributed by atoms with Crippen LogP contribution in [0.5, 0.6) is 17.2 Å². The lowest BCUT2D eigenvalue weighted by molar-refractivity contribution is 0.304. The zero-order chi connectivity index (χ0) is 13.0. The van der Waals surface area contributed by atoms with E-state index in [2.05, 4.69) is 0 Å². The van der Waals surface area contributed by atoms with Gasteiger partial charge in [0, 0.05) is 5.02 Å². The van der Waals surface area contributed by atoms with Gasteiger partial charge in [0.2, 0.25) is 0 Å². The molecule has 18 heavy (non-hydrogen) atoms. The number of methoxy groups -OCH3 is 1. The highest BCUT2D eigenvalue weighted by Gasteiger charge is 2.03. The number of phenolic OH excluding ortho intramolecular Hbond substituents is 1. The smallest absolute Gasteiger partial charge is 0.160 e. The normalized spacial score (nSPS) is 10.1. The number of phenols is 1. The number of benzene rings is 2. The Morgan fingerprint density at radius 1 is 1.11 bits per heavy atom. The number of hydrogen-bond donors (Lipinski definition) is 1. The lowest BCUT2D eigenvalue weighted by Crippen LogP contribution is -1.95. The number of aromatic hydroxyl groups is 1. The van der Waals surface area contributed by atoms with E-state index in [1.807, 2.05) is 6.07 Å². The molecule has 0 aliphatic carbocycles. The summed E-state index contributed by atoms with van der Waals surface area (Å²) in [6, 6.07) is 12.3. The zero-order valence-corrected chi connectivity index (χ0v) is 10.6. The summed E-state index contributed by atoms with van der Waals surface area (Å²) in [7, 11) is 1.51. The van der Waals surface area contributed by atoms with E-state index in [4.69, 9.17) is 21.1 Å². The standard InChI is InChI=1S/C14H13ClO3/c1-17-14-7-2-10(8-13(14)16)9-18-12-5-3-11(15)4-6-12/h2-8,16H,9H2,1H3. The highest BCUT2D eigenvalue weighted by molar-refractivity contribution is 6.30. The summed E-state index contributed by atoms with van der Waals surface area (Å²) in [5, 5.41) is 10.3. The molecule has 0 spiro atoms. The van der Waals surface area contributed by atoms with Gasteiger partial charge in [-0.15, -0.1) is 0 Å². The molecule has 0 aromatic heterocycles. The summed E-state index contributed by atoms with van der Waals surface area (Å²) in [5.41, 5.74) is 0.864. The first-order valence-electron chi connectivity index (χ1n) is 5.43. The molecule has 0 heterocycles. The molecule has 1 N–H and O–H groups in total. The molecule has 0 radical (unpaired) electrons. The molecule has 0 unspecified atom stereocenters. The molecular formula is C14H13ClO3. The number of rotatable bonds is 4. The fraction of sp³-hybridized carbons (Fsp3) is 0.143. The van der Waals surface area contributed by atoms with Crippen molar-refractivity contribution in [3.63, 3.8) is 0 Å². The van der Waals surface area contributed by atoms with Crippen molar-refractivity contribution >= 4 is 11.6 Å². The van der Waals surface area contributed by atoms with E-state index in [1.165, 1.54) is 7.11 Å². The van der Waals surface area contributed by atoms with Gasteiger partial charge in [0.15, 0.2) is 11.5 Å². The van der Waals surface area contributed by atoms with Crippen LogP contribution in [0.2, 0.25) is 5.02 Å². The first-order chi connectivity index (χ1) is 8.69. The van der Waals surface area contributed by atoms with Crippen molar-refractivity contribution in [2.24, 2.45) is 0 Å². The van der Waals surface area contributed by atoms with Gasteiger partial charge in [0.25, 0.3) is 0 Å². The van der Waals surface area contributed by atoms with Gasteiger partial charge in [-0.1, -0.05) is 17.7 Å². The van der Waals surface area contributed by atoms with Crippen molar-refractivity contribution in [3.05, 3.63) is 53.1 Å². The van der Waals surface area contributed by atoms with E-state index in [1.54, 1.807) is 36.4 Å². The molecule has 0 saturated heterocycles. The monoisotopic (exact) mass is 264 g/mol. The predicted octanol–water partition coefficient (Wildman–Crippen LogP) is 3.63. The molecule has 0 atom stereocenters. The molecule has 3 nitrogen and oxygen atoms in total. The lowest BCUT2D eigenvalue weighted by Gasteiger charge is -2.08. The zero-order valence-electron chi connectivity index (χ0n) is 9.89. The first kappa shape index (κ1) is 12.6. The Balaban J connectivity index is 2.02. The highest BCUT2D eigenvalue weighted by Crippen LogP contribution is 2.26. The minimum absolute atomic E-state index is 0.106. The predicted molar refractivity (Wildman–Crippen MR) is 70.4 cm³/mol. The summed E-state index contributed by atoms with van der Waals surface area (Å²) >= 11 is 5.78. The van der Waals surface area contributed by atoms with Gasteiger partial charge in [-0.2, -0.15) is 0 Å². The maximum Gasteiger partial charge on any atom is 0.160 e. The topological polar surface area (TPSA) is 38.7 Å². The molecule has 0 saturated carbocycles. The molecule has 0 aliphatic heterocycles. The van der Waals surface area contributed by atoms with Gasteiger partial charge in [0.05, 0.1) is 7.11 Å². The highest BCUT2D eigenvalue weighted by atomic mass is 35.5. The summed E-state index contributed by atoms with van der Waals surface area (Å²) in [5.74, 6) is 1.29. The summed E-state index contributed by atoms with van der Waals surface area (Å²) < 4.78 is 10.5. The maximum atomic E-state index is 9.63. The van der Waals surface area contributed by atoms with Crippen molar-refractivity contribution in [2.45, 2.75) is 6.61 Å². The molecule has 94 valence electrons. The summed E-state index contributed by atoms with van der Waals surface area (Å²) in [6.45, 7) is 0.374. The Morgan fingerprint density at radius 3 is 2.44 bits per heavy atom. The van der Waals surface area contributed by atoms with Crippen LogP contribution in [0.25, 0.3) is 0 Å². The third kappa shape index (κ3) is 3.08. The number of ether oxygens (including phenoxy) is 2. The van der Waals surface area contributed by atoms with Crippen LogP contribution in [-0.4, -0.2) is 12.2 Å². The Hall–Kier alpha value is -1.87. The Bertz CT molecular complexity index is 523. The van der Waals surface area contributed by atoms with Crippen LogP contribution < -0.4 is 9.47 Å². The molecule has 0 aliphatic rings. The van der Waals surface area contributed by atoms with E-state index < -0.39 is 0 Å². The number of hydrogen-bond acceptors (Lipinski definition) is 3. The van der Waals surface area contributed by atoms with Gasteiger partial charge in [-0.05, 0) is 42.0 Å². The SMILES string of the molecule is COc1ccc(COc2ccc(Cl)cc2)cc1O. The summed E-state index contributed by atoms with van der Waals surface area (Å²) in [4.78, 5) is 0. The Morgan fingerprint density at radius 2 is 1.83 bits per heavy atom. The van der Waals surface area contributed by atoms with Crippen LogP contribution in [0.4, 0.5) is 0 Å². The van der Waals surface area contributed by atoms with Gasteiger partial charge in [-0.25, -0.2) is 0 Å². The van der Waals surface area contributed by atoms with Crippen molar-refractivity contribution < 1.29 is 14.6 Å². The minimum atomic E-state index is 0.106. The van der Waals surface area contributed by atoms with E-state index in [-0.39, 0.29) is 5.75 Å². The maximum absolute atomic E-state index is 9.63. The lowest BCUT2D eigenvalue weighted by atomic mass is 10.2. The Labute approximate surface area is 111 Å². The second kappa shape index (κ2) is 5.65. The second-order valence-electron chi connectivity index (χ2n) is 3.75. The van der Waals surface area contributed by atoms with E-state index >= 15 is 0 Å². The molecule has 4 heteroatoms. The number of halogens is 1. The van der Waals surface area contributed by atoms with Crippen molar-refractivity contribution in [1.29, 1.82) is 0 Å². The fourth-order valence-corrected chi connectivity index (χ4v) is 1.65. The first-order valence-corrected chi connectivity index (χ1v) is 5.81. The quantitative estimate of drug-likeness (QED) is 0.916. The molecule has 0 fully saturated rings. The van der Waals surface area contributed by atoms with Crippen LogP contribution in [0.15, 0.2) is 42.5 Å². The minimum Gasteiger partial charge on any atom is -0.504 e. The average Bonchev–Trinajstić information content (AvgIpc) is 2.38. The summed E-state index contributed by atoms with van der Waals surface area (Å²) in [6.07, 6.45) is 0. The van der Waals surface area contributed by atoms with E-state index in [9.17, 15) is 5.11 Å². The van der Waals surface area contributed by atoms with Gasteiger partial charge in [-0.3, -0.25) is 0 Å². The third-order valence-electron chi connectivity index (χ3n) is 2.46. The molecular weight excluding hydrogens is 252 g/mol. The van der Waals surface area contributed by atoms with E-state index in [0.29, 0.717) is 17.4 Å². The van der Waals surface area contributed by atoms with Crippen molar-refractivity contribution in [1.82, 2.24) is 0 Å². The second-order valence-corrected chi connectivity index (χ2v) is 4.19. The van der Waals surface area contributed by atoms with Gasteiger partial charge in [0.1, 0.15) is 12.4 Å². The molecule has 2 aromatic rings. The molecule has 2 rings (SSSR count).